The first kappa shape index (κ1) is 10.0. The van der Waals surface area contributed by atoms with Gasteiger partial charge in [0.2, 0.25) is 0 Å². The fourth-order valence-electron chi connectivity index (χ4n) is 2.29. The fourth-order valence-corrected chi connectivity index (χ4v) is 2.29. The minimum absolute atomic E-state index is 0.0564. The summed E-state index contributed by atoms with van der Waals surface area (Å²) in [7, 11) is 3.16. The zero-order chi connectivity index (χ0) is 12.0. The molecule has 86 valence electrons. The third-order valence-electron chi connectivity index (χ3n) is 3.12. The number of methoxy groups -OCH3 is 2. The lowest BCUT2D eigenvalue weighted by atomic mass is 10.1. The van der Waals surface area contributed by atoms with E-state index in [4.69, 9.17) is 9.47 Å². The summed E-state index contributed by atoms with van der Waals surface area (Å²) in [5.41, 5.74) is 1.74. The summed E-state index contributed by atoms with van der Waals surface area (Å²) in [6.07, 6.45) is 5.68. The molecule has 0 radical (unpaired) electrons. The van der Waals surface area contributed by atoms with Gasteiger partial charge in [0.05, 0.1) is 14.2 Å². The van der Waals surface area contributed by atoms with Crippen molar-refractivity contribution in [2.24, 2.45) is 0 Å². The summed E-state index contributed by atoms with van der Waals surface area (Å²) in [6, 6.07) is 3.61. The molecule has 0 atom stereocenters. The van der Waals surface area contributed by atoms with Crippen molar-refractivity contribution in [3.63, 3.8) is 0 Å². The second kappa shape index (κ2) is 3.42. The van der Waals surface area contributed by atoms with Gasteiger partial charge in [-0.05, 0) is 33.7 Å². The Bertz CT molecular complexity index is 678. The Labute approximate surface area is 98.6 Å². The van der Waals surface area contributed by atoms with E-state index in [1.165, 1.54) is 0 Å². The molecule has 1 aromatic carbocycles. The molecule has 3 heteroatoms. The topological polar surface area (TPSA) is 41.5 Å². The van der Waals surface area contributed by atoms with Crippen molar-refractivity contribution < 1.29 is 14.6 Å². The average molecular weight is 227 g/mol. The van der Waals surface area contributed by atoms with Gasteiger partial charge >= 0.3 is 0 Å². The molecule has 0 saturated heterocycles. The van der Waals surface area contributed by atoms with Crippen molar-refractivity contribution in [3.05, 3.63) is 46.4 Å². The normalized spacial score (nSPS) is 15.8. The van der Waals surface area contributed by atoms with E-state index in [1.54, 1.807) is 20.3 Å². The van der Waals surface area contributed by atoms with Crippen LogP contribution in [0.4, 0.5) is 0 Å². The maximum Gasteiger partial charge on any atom is 0.161 e. The molecule has 0 bridgehead atoms. The molecule has 3 nitrogen and oxygen atoms in total. The number of fused-ring (bicyclic) bond motifs is 2. The largest absolute Gasteiger partial charge is 0.872 e. The maximum atomic E-state index is 12.1. The summed E-state index contributed by atoms with van der Waals surface area (Å²) < 4.78 is 10.5. The number of ether oxygens (including phenoxy) is 2. The third kappa shape index (κ3) is 1.22. The smallest absolute Gasteiger partial charge is 0.161 e. The molecule has 3 rings (SSSR count). The van der Waals surface area contributed by atoms with E-state index >= 15 is 0 Å². The Morgan fingerprint density at radius 2 is 1.65 bits per heavy atom. The molecule has 0 amide bonds. The molecule has 2 aliphatic carbocycles. The lowest BCUT2D eigenvalue weighted by Gasteiger charge is -2.10. The molecule has 0 saturated carbocycles. The predicted octanol–water partition coefficient (Wildman–Crippen LogP) is -0.167. The first-order valence-corrected chi connectivity index (χ1v) is 5.33. The monoisotopic (exact) mass is 227 g/mol. The molecular formula is C14H11O3-. The minimum atomic E-state index is 0.0564. The van der Waals surface area contributed by atoms with Crippen LogP contribution in [-0.4, -0.2) is 14.2 Å². The van der Waals surface area contributed by atoms with E-state index in [0.29, 0.717) is 16.7 Å². The van der Waals surface area contributed by atoms with Gasteiger partial charge in [0.15, 0.2) is 11.5 Å². The van der Waals surface area contributed by atoms with E-state index in [-0.39, 0.29) is 5.76 Å². The third-order valence-corrected chi connectivity index (χ3v) is 3.12. The van der Waals surface area contributed by atoms with E-state index in [9.17, 15) is 5.11 Å². The number of benzene rings is 1. The highest BCUT2D eigenvalue weighted by molar-refractivity contribution is 5.93. The van der Waals surface area contributed by atoms with Crippen LogP contribution in [0, 0.1) is 0 Å². The van der Waals surface area contributed by atoms with Gasteiger partial charge in [0.1, 0.15) is 0 Å². The maximum absolute atomic E-state index is 12.1. The molecule has 1 aromatic rings. The van der Waals surface area contributed by atoms with Crippen LogP contribution in [0.1, 0.15) is 0 Å². The van der Waals surface area contributed by atoms with Crippen LogP contribution in [0.15, 0.2) is 35.9 Å². The number of allylic oxidation sites excluding steroid dienone is 3. The molecule has 2 aliphatic rings. The first-order valence-electron chi connectivity index (χ1n) is 5.33. The van der Waals surface area contributed by atoms with Crippen LogP contribution in [0.5, 0.6) is 11.5 Å². The van der Waals surface area contributed by atoms with E-state index in [1.807, 2.05) is 24.3 Å². The molecule has 0 aliphatic heterocycles. The lowest BCUT2D eigenvalue weighted by molar-refractivity contribution is -0.244. The van der Waals surface area contributed by atoms with Gasteiger partial charge in [-0.1, -0.05) is 24.0 Å². The summed E-state index contributed by atoms with van der Waals surface area (Å²) in [5, 5.41) is 13.7. The lowest BCUT2D eigenvalue weighted by Crippen LogP contribution is -2.27. The van der Waals surface area contributed by atoms with Crippen molar-refractivity contribution in [3.8, 4) is 11.5 Å². The first-order chi connectivity index (χ1) is 8.26. The molecule has 0 N–H and O–H groups in total. The van der Waals surface area contributed by atoms with Crippen LogP contribution in [0.3, 0.4) is 0 Å². The summed E-state index contributed by atoms with van der Waals surface area (Å²) in [6.45, 7) is 0. The second-order valence-corrected chi connectivity index (χ2v) is 3.94. The molecule has 17 heavy (non-hydrogen) atoms. The number of rotatable bonds is 2. The van der Waals surface area contributed by atoms with Crippen molar-refractivity contribution in [1.29, 1.82) is 0 Å². The van der Waals surface area contributed by atoms with Crippen LogP contribution in [-0.2, 0) is 0 Å². The predicted molar refractivity (Wildman–Crippen MR) is 62.8 cm³/mol. The number of hydrogen-bond acceptors (Lipinski definition) is 3. The molecule has 0 spiro atoms. The molecule has 0 fully saturated rings. The quantitative estimate of drug-likeness (QED) is 0.704. The Kier molecular flexibility index (Phi) is 2.01. The molecular weight excluding hydrogens is 216 g/mol. The summed E-state index contributed by atoms with van der Waals surface area (Å²) >= 11 is 0. The molecule has 0 unspecified atom stereocenters. The van der Waals surface area contributed by atoms with Crippen LogP contribution in [0.25, 0.3) is 11.3 Å². The van der Waals surface area contributed by atoms with Gasteiger partial charge in [0.25, 0.3) is 0 Å². The van der Waals surface area contributed by atoms with Crippen molar-refractivity contribution in [1.82, 2.24) is 0 Å². The van der Waals surface area contributed by atoms with Gasteiger partial charge in [-0.25, -0.2) is 0 Å². The van der Waals surface area contributed by atoms with Crippen LogP contribution in [0.2, 0.25) is 0 Å². The molecule has 0 aromatic heterocycles. The van der Waals surface area contributed by atoms with Crippen molar-refractivity contribution in [2.75, 3.05) is 14.2 Å². The Morgan fingerprint density at radius 1 is 1.00 bits per heavy atom. The summed E-state index contributed by atoms with van der Waals surface area (Å²) in [4.78, 5) is 0. The van der Waals surface area contributed by atoms with Crippen LogP contribution < -0.4 is 25.0 Å². The van der Waals surface area contributed by atoms with E-state index in [2.05, 4.69) is 0 Å². The van der Waals surface area contributed by atoms with Gasteiger partial charge in [-0.2, -0.15) is 0 Å². The number of hydrogen-bond donors (Lipinski definition) is 0. The van der Waals surface area contributed by atoms with E-state index < -0.39 is 0 Å². The second-order valence-electron chi connectivity index (χ2n) is 3.94. The highest BCUT2D eigenvalue weighted by atomic mass is 16.5. The SMILES string of the molecule is COc1cc2c(cc1OC)=C1C=CC=C1C=2[O-]. The van der Waals surface area contributed by atoms with Crippen LogP contribution >= 0.6 is 0 Å². The highest BCUT2D eigenvalue weighted by Gasteiger charge is 2.16. The molecule has 0 heterocycles. The Balaban J connectivity index is 2.44. The zero-order valence-electron chi connectivity index (χ0n) is 9.61. The highest BCUT2D eigenvalue weighted by Crippen LogP contribution is 2.28. The standard InChI is InChI=1S/C14H12O3/c1-16-12-6-10-8-4-3-5-9(8)14(15)11(10)7-13(12)17-2/h3-7,15H,1-2H3/p-1. The van der Waals surface area contributed by atoms with Crippen molar-refractivity contribution in [2.45, 2.75) is 0 Å². The van der Waals surface area contributed by atoms with Gasteiger partial charge in [0, 0.05) is 0 Å². The Hall–Kier alpha value is -2.16. The average Bonchev–Trinajstić information content (AvgIpc) is 2.92. The van der Waals surface area contributed by atoms with Gasteiger partial charge < -0.3 is 14.6 Å². The van der Waals surface area contributed by atoms with Gasteiger partial charge in [-0.15, -0.1) is 0 Å². The fraction of sp³-hybridized carbons (Fsp3) is 0.143. The summed E-state index contributed by atoms with van der Waals surface area (Å²) in [5.74, 6) is 1.29. The van der Waals surface area contributed by atoms with Gasteiger partial charge in [-0.3, -0.25) is 0 Å². The van der Waals surface area contributed by atoms with E-state index in [0.717, 1.165) is 16.4 Å². The Morgan fingerprint density at radius 3 is 2.29 bits per heavy atom. The van der Waals surface area contributed by atoms with Crippen molar-refractivity contribution >= 4 is 11.3 Å². The minimum Gasteiger partial charge on any atom is -0.872 e. The zero-order valence-corrected chi connectivity index (χ0v) is 9.61.